The zero-order chi connectivity index (χ0) is 13.4. The summed E-state index contributed by atoms with van der Waals surface area (Å²) in [5.41, 5.74) is 5.30. The first-order valence-electron chi connectivity index (χ1n) is 6.84. The van der Waals surface area contributed by atoms with Crippen LogP contribution in [-0.2, 0) is 4.79 Å². The summed E-state index contributed by atoms with van der Waals surface area (Å²) in [7, 11) is 0. The van der Waals surface area contributed by atoms with Gasteiger partial charge in [0, 0.05) is 17.4 Å². The molecule has 3 rings (SSSR count). The summed E-state index contributed by atoms with van der Waals surface area (Å²) in [5.74, 6) is 0.432. The van der Waals surface area contributed by atoms with Crippen molar-refractivity contribution in [3.05, 3.63) is 29.3 Å². The topological polar surface area (TPSA) is 61.7 Å². The van der Waals surface area contributed by atoms with Gasteiger partial charge >= 0.3 is 0 Å². The van der Waals surface area contributed by atoms with E-state index in [0.717, 1.165) is 42.5 Å². The van der Waals surface area contributed by atoms with E-state index in [1.54, 1.807) is 6.07 Å². The Bertz CT molecular complexity index is 551. The average molecular weight is 258 g/mol. The lowest BCUT2D eigenvalue weighted by Gasteiger charge is -2.34. The number of nitrogens with one attached hydrogen (secondary N) is 1. The molecular formula is C15H18N2O2. The van der Waals surface area contributed by atoms with Crippen LogP contribution in [0.3, 0.4) is 0 Å². The Labute approximate surface area is 112 Å². The third-order valence-corrected chi connectivity index (χ3v) is 4.17. The van der Waals surface area contributed by atoms with E-state index in [2.05, 4.69) is 10.5 Å². The highest BCUT2D eigenvalue weighted by molar-refractivity contribution is 6.08. The van der Waals surface area contributed by atoms with Gasteiger partial charge in [-0.15, -0.1) is 0 Å². The summed E-state index contributed by atoms with van der Waals surface area (Å²) in [6, 6.07) is 5.51. The fraction of sp³-hybridized carbons (Fsp3) is 0.467. The Morgan fingerprint density at radius 1 is 1.26 bits per heavy atom. The Hall–Kier alpha value is -1.84. The molecule has 2 atom stereocenters. The molecule has 1 aliphatic heterocycles. The first-order chi connectivity index (χ1) is 9.16. The van der Waals surface area contributed by atoms with Crippen LogP contribution >= 0.6 is 0 Å². The molecule has 1 heterocycles. The standard InChI is InChI=1S/C15H18N2O2/c1-9-6-7-13(18)12(8-9)14-10-4-2-3-5-11(10)15(19)17-16-14/h6-8,10-11,18H,2-5H2,1H3,(H,17,19)/t10-,11+/m0/s1. The number of nitrogens with zero attached hydrogens (tertiary/aromatic N) is 1. The fourth-order valence-electron chi connectivity index (χ4n) is 3.17. The number of phenols is 1. The van der Waals surface area contributed by atoms with Crippen LogP contribution in [0.4, 0.5) is 0 Å². The molecule has 4 heteroatoms. The van der Waals surface area contributed by atoms with Crippen molar-refractivity contribution in [2.45, 2.75) is 32.6 Å². The molecule has 2 aliphatic rings. The van der Waals surface area contributed by atoms with Gasteiger partial charge in [0.25, 0.3) is 0 Å². The molecule has 1 saturated carbocycles. The SMILES string of the molecule is Cc1ccc(O)c(C2=NNC(=O)[C@@H]3CCCC[C@H]23)c1. The van der Waals surface area contributed by atoms with Crippen LogP contribution in [0.1, 0.15) is 36.8 Å². The van der Waals surface area contributed by atoms with Crippen LogP contribution in [0.15, 0.2) is 23.3 Å². The number of phenolic OH excluding ortho intramolecular Hbond substituents is 1. The number of aromatic hydroxyl groups is 1. The zero-order valence-electron chi connectivity index (χ0n) is 11.0. The zero-order valence-corrected chi connectivity index (χ0v) is 11.0. The lowest BCUT2D eigenvalue weighted by molar-refractivity contribution is -0.127. The molecule has 100 valence electrons. The Balaban J connectivity index is 2.03. The second kappa shape index (κ2) is 4.68. The highest BCUT2D eigenvalue weighted by Crippen LogP contribution is 2.36. The minimum absolute atomic E-state index is 0.0150. The lowest BCUT2D eigenvalue weighted by Crippen LogP contribution is -2.43. The number of carbonyl (C=O) groups excluding carboxylic acids is 1. The van der Waals surface area contributed by atoms with Gasteiger partial charge in [0.05, 0.1) is 5.71 Å². The van der Waals surface area contributed by atoms with E-state index in [0.29, 0.717) is 0 Å². The average Bonchev–Trinajstić information content (AvgIpc) is 2.43. The fourth-order valence-corrected chi connectivity index (χ4v) is 3.17. The number of amides is 1. The number of benzene rings is 1. The first kappa shape index (κ1) is 12.2. The number of carbonyl (C=O) groups is 1. The number of hydrogen-bond acceptors (Lipinski definition) is 3. The highest BCUT2D eigenvalue weighted by Gasteiger charge is 2.38. The van der Waals surface area contributed by atoms with Gasteiger partial charge in [0.15, 0.2) is 0 Å². The van der Waals surface area contributed by atoms with Crippen molar-refractivity contribution in [2.75, 3.05) is 0 Å². The summed E-state index contributed by atoms with van der Waals surface area (Å²) in [4.78, 5) is 11.9. The Morgan fingerprint density at radius 3 is 2.79 bits per heavy atom. The van der Waals surface area contributed by atoms with Gasteiger partial charge in [0.1, 0.15) is 5.75 Å². The summed E-state index contributed by atoms with van der Waals surface area (Å²) in [5, 5.41) is 14.3. The molecule has 1 amide bonds. The second-order valence-electron chi connectivity index (χ2n) is 5.49. The van der Waals surface area contributed by atoms with E-state index in [-0.39, 0.29) is 23.5 Å². The van der Waals surface area contributed by atoms with Gasteiger partial charge in [-0.25, -0.2) is 5.43 Å². The molecule has 1 aliphatic carbocycles. The molecule has 0 bridgehead atoms. The maximum atomic E-state index is 11.9. The molecule has 1 fully saturated rings. The van der Waals surface area contributed by atoms with Crippen LogP contribution in [0, 0.1) is 18.8 Å². The molecule has 1 aromatic rings. The van der Waals surface area contributed by atoms with E-state index in [4.69, 9.17) is 0 Å². The van der Waals surface area contributed by atoms with Gasteiger partial charge in [0.2, 0.25) is 5.91 Å². The molecule has 0 aromatic heterocycles. The van der Waals surface area contributed by atoms with Crippen LogP contribution in [0.5, 0.6) is 5.75 Å². The lowest BCUT2D eigenvalue weighted by atomic mass is 9.73. The van der Waals surface area contributed by atoms with E-state index in [1.807, 2.05) is 19.1 Å². The second-order valence-corrected chi connectivity index (χ2v) is 5.49. The van der Waals surface area contributed by atoms with Crippen molar-refractivity contribution in [1.29, 1.82) is 0 Å². The number of aryl methyl sites for hydroxylation is 1. The minimum atomic E-state index is 0.0150. The number of rotatable bonds is 1. The van der Waals surface area contributed by atoms with E-state index in [1.165, 1.54) is 0 Å². The van der Waals surface area contributed by atoms with Gasteiger partial charge in [-0.1, -0.05) is 24.5 Å². The van der Waals surface area contributed by atoms with Crippen LogP contribution < -0.4 is 5.43 Å². The smallest absolute Gasteiger partial charge is 0.243 e. The minimum Gasteiger partial charge on any atom is -0.507 e. The molecular weight excluding hydrogens is 240 g/mol. The van der Waals surface area contributed by atoms with Crippen LogP contribution in [-0.4, -0.2) is 16.7 Å². The van der Waals surface area contributed by atoms with Gasteiger partial charge in [-0.2, -0.15) is 5.10 Å². The Kier molecular flexibility index (Phi) is 3.01. The summed E-state index contributed by atoms with van der Waals surface area (Å²) in [6.45, 7) is 1.99. The van der Waals surface area contributed by atoms with Crippen molar-refractivity contribution < 1.29 is 9.90 Å². The summed E-state index contributed by atoms with van der Waals surface area (Å²) in [6.07, 6.45) is 4.12. The van der Waals surface area contributed by atoms with Crippen molar-refractivity contribution in [2.24, 2.45) is 16.9 Å². The maximum absolute atomic E-state index is 11.9. The van der Waals surface area contributed by atoms with E-state index >= 15 is 0 Å². The molecule has 0 radical (unpaired) electrons. The number of hydrazone groups is 1. The summed E-state index contributed by atoms with van der Waals surface area (Å²) < 4.78 is 0. The largest absolute Gasteiger partial charge is 0.507 e. The monoisotopic (exact) mass is 258 g/mol. The number of hydrogen-bond donors (Lipinski definition) is 2. The normalized spacial score (nSPS) is 26.4. The van der Waals surface area contributed by atoms with Crippen molar-refractivity contribution in [1.82, 2.24) is 5.43 Å². The highest BCUT2D eigenvalue weighted by atomic mass is 16.3. The van der Waals surface area contributed by atoms with Gasteiger partial charge < -0.3 is 5.11 Å². The van der Waals surface area contributed by atoms with E-state index < -0.39 is 0 Å². The van der Waals surface area contributed by atoms with E-state index in [9.17, 15) is 9.90 Å². The Morgan fingerprint density at radius 2 is 2.00 bits per heavy atom. The quantitative estimate of drug-likeness (QED) is 0.812. The molecule has 19 heavy (non-hydrogen) atoms. The predicted molar refractivity (Wildman–Crippen MR) is 73.0 cm³/mol. The van der Waals surface area contributed by atoms with Crippen LogP contribution in [0.25, 0.3) is 0 Å². The molecule has 0 saturated heterocycles. The van der Waals surface area contributed by atoms with Crippen molar-refractivity contribution >= 4 is 11.6 Å². The molecule has 0 spiro atoms. The summed E-state index contributed by atoms with van der Waals surface area (Å²) >= 11 is 0. The van der Waals surface area contributed by atoms with Crippen LogP contribution in [0.2, 0.25) is 0 Å². The molecule has 0 unspecified atom stereocenters. The molecule has 1 aromatic carbocycles. The third kappa shape index (κ3) is 2.11. The van der Waals surface area contributed by atoms with Crippen molar-refractivity contribution in [3.63, 3.8) is 0 Å². The predicted octanol–water partition coefficient (Wildman–Crippen LogP) is 2.34. The van der Waals surface area contributed by atoms with Gasteiger partial charge in [-0.05, 0) is 31.9 Å². The van der Waals surface area contributed by atoms with Crippen molar-refractivity contribution in [3.8, 4) is 5.75 Å². The maximum Gasteiger partial charge on any atom is 0.243 e. The van der Waals surface area contributed by atoms with Gasteiger partial charge in [-0.3, -0.25) is 4.79 Å². The number of fused-ring (bicyclic) bond motifs is 1. The molecule has 4 nitrogen and oxygen atoms in total. The molecule has 2 N–H and O–H groups in total. The third-order valence-electron chi connectivity index (χ3n) is 4.17. The first-order valence-corrected chi connectivity index (χ1v) is 6.84.